The molecule has 11 nitrogen and oxygen atoms in total. The fourth-order valence-corrected chi connectivity index (χ4v) is 6.90. The van der Waals surface area contributed by atoms with Gasteiger partial charge in [-0.05, 0) is 54.7 Å². The van der Waals surface area contributed by atoms with Crippen molar-refractivity contribution < 1.29 is 42.1 Å². The molecule has 0 spiro atoms. The quantitative estimate of drug-likeness (QED) is 0.220. The topological polar surface area (TPSA) is 129 Å². The molecule has 7 atom stereocenters. The van der Waals surface area contributed by atoms with E-state index in [0.717, 1.165) is 12.8 Å². The molecule has 0 radical (unpaired) electrons. The van der Waals surface area contributed by atoms with Gasteiger partial charge < -0.3 is 29.2 Å². The average Bonchev–Trinajstić information content (AvgIpc) is 3.57. The second kappa shape index (κ2) is 14.1. The molecule has 264 valence electrons. The number of hydrogen-bond donors (Lipinski definition) is 1. The molecule has 1 N–H and O–H groups in total. The van der Waals surface area contributed by atoms with E-state index in [1.54, 1.807) is 26.8 Å². The number of carbonyl (C=O) groups is 3. The largest absolute Gasteiger partial charge is 0.497 e. The van der Waals surface area contributed by atoms with Crippen molar-refractivity contribution in [2.45, 2.75) is 76.7 Å². The average molecular weight is 683 g/mol. The van der Waals surface area contributed by atoms with E-state index >= 15 is 8.78 Å². The van der Waals surface area contributed by atoms with Crippen LogP contribution in [0.25, 0.3) is 11.0 Å². The molecule has 3 aliphatic rings. The van der Waals surface area contributed by atoms with Crippen LogP contribution < -0.4 is 14.8 Å². The molecule has 49 heavy (non-hydrogen) atoms. The third-order valence-corrected chi connectivity index (χ3v) is 9.60. The molecule has 2 amide bonds. The van der Waals surface area contributed by atoms with Gasteiger partial charge in [-0.1, -0.05) is 45.6 Å². The number of likely N-dealkylation sites (tertiary alicyclic amines) is 1. The summed E-state index contributed by atoms with van der Waals surface area (Å²) in [5.41, 5.74) is -1.16. The zero-order chi connectivity index (χ0) is 35.7. The number of rotatable bonds is 12. The second-order valence-corrected chi connectivity index (χ2v) is 13.8. The van der Waals surface area contributed by atoms with Gasteiger partial charge in [-0.2, -0.15) is 8.78 Å². The lowest BCUT2D eigenvalue weighted by molar-refractivity contribution is -0.152. The highest BCUT2D eigenvalue weighted by Gasteiger charge is 2.49. The number of halogens is 2. The Bertz CT molecular complexity index is 1640. The van der Waals surface area contributed by atoms with Gasteiger partial charge in [-0.25, -0.2) is 19.6 Å². The van der Waals surface area contributed by atoms with E-state index in [-0.39, 0.29) is 36.0 Å². The van der Waals surface area contributed by atoms with Gasteiger partial charge in [-0.15, -0.1) is 6.58 Å². The molecule has 0 unspecified atom stereocenters. The molecule has 2 heterocycles. The SMILES string of the molecule is C=CCC[C@@H]1[C@H]2C=C[C@H]2C[C@H]1OC(=O)N[C@H](C(=O)N1C[C@H](Oc2nc3cc(OC)ccc3nc2C(F)(F)C=C)C[C@H]1C(=O)OC)C(C)(C)C. The highest BCUT2D eigenvalue weighted by atomic mass is 19.3. The van der Waals surface area contributed by atoms with Gasteiger partial charge in [0, 0.05) is 18.4 Å². The van der Waals surface area contributed by atoms with Crippen LogP contribution in [0.3, 0.4) is 0 Å². The number of alkyl carbamates (subject to hydrolysis) is 1. The molecule has 1 saturated heterocycles. The Morgan fingerprint density at radius 2 is 1.86 bits per heavy atom. The van der Waals surface area contributed by atoms with E-state index in [1.807, 2.05) is 6.08 Å². The molecule has 2 aliphatic carbocycles. The normalized spacial score (nSPS) is 25.2. The summed E-state index contributed by atoms with van der Waals surface area (Å²) in [7, 11) is 2.65. The lowest BCUT2D eigenvalue weighted by atomic mass is 9.79. The molecule has 1 aromatic carbocycles. The molecule has 5 rings (SSSR count). The molecule has 2 aromatic rings. The number of nitrogens with one attached hydrogen (secondary N) is 1. The van der Waals surface area contributed by atoms with Crippen LogP contribution in [-0.4, -0.2) is 77.9 Å². The number of hydrogen-bond acceptors (Lipinski definition) is 9. The Labute approximate surface area is 284 Å². The van der Waals surface area contributed by atoms with E-state index in [9.17, 15) is 14.4 Å². The Morgan fingerprint density at radius 3 is 2.47 bits per heavy atom. The van der Waals surface area contributed by atoms with Crippen molar-refractivity contribution in [2.75, 3.05) is 20.8 Å². The van der Waals surface area contributed by atoms with Gasteiger partial charge in [0.15, 0.2) is 5.69 Å². The molecule has 1 aromatic heterocycles. The summed E-state index contributed by atoms with van der Waals surface area (Å²) in [4.78, 5) is 50.3. The molecule has 0 bridgehead atoms. The molecular formula is C36H44F2N4O7. The van der Waals surface area contributed by atoms with Gasteiger partial charge in [0.1, 0.15) is 30.0 Å². The predicted molar refractivity (Wildman–Crippen MR) is 177 cm³/mol. The van der Waals surface area contributed by atoms with Crippen molar-refractivity contribution in [3.63, 3.8) is 0 Å². The van der Waals surface area contributed by atoms with Gasteiger partial charge >= 0.3 is 18.0 Å². The number of fused-ring (bicyclic) bond motifs is 2. The number of benzene rings is 1. The van der Waals surface area contributed by atoms with Crippen LogP contribution in [0.1, 0.15) is 52.1 Å². The van der Waals surface area contributed by atoms with Crippen LogP contribution in [0, 0.1) is 23.2 Å². The van der Waals surface area contributed by atoms with Crippen LogP contribution in [0.5, 0.6) is 11.6 Å². The number of alkyl halides is 2. The lowest BCUT2D eigenvalue weighted by Gasteiger charge is -2.35. The van der Waals surface area contributed by atoms with Crippen molar-refractivity contribution in [1.82, 2.24) is 20.2 Å². The number of allylic oxidation sites excluding steroid dienone is 4. The Hall–Kier alpha value is -4.55. The zero-order valence-corrected chi connectivity index (χ0v) is 28.5. The van der Waals surface area contributed by atoms with Gasteiger partial charge in [0.2, 0.25) is 11.8 Å². The first-order chi connectivity index (χ1) is 23.2. The molecule has 13 heteroatoms. The third-order valence-electron chi connectivity index (χ3n) is 9.60. The number of methoxy groups -OCH3 is 2. The number of aromatic nitrogens is 2. The fourth-order valence-electron chi connectivity index (χ4n) is 6.90. The van der Waals surface area contributed by atoms with E-state index in [1.165, 1.54) is 31.3 Å². The van der Waals surface area contributed by atoms with E-state index < -0.39 is 59.1 Å². The van der Waals surface area contributed by atoms with E-state index in [4.69, 9.17) is 18.9 Å². The number of esters is 1. The number of carbonyl (C=O) groups excluding carboxylic acids is 3. The summed E-state index contributed by atoms with van der Waals surface area (Å²) in [6.45, 7) is 12.2. The van der Waals surface area contributed by atoms with Crippen molar-refractivity contribution in [1.29, 1.82) is 0 Å². The first-order valence-electron chi connectivity index (χ1n) is 16.4. The van der Waals surface area contributed by atoms with Crippen LogP contribution in [0.4, 0.5) is 13.6 Å². The summed E-state index contributed by atoms with van der Waals surface area (Å²) in [5.74, 6) is -4.09. The molecule has 2 fully saturated rings. The maximum absolute atomic E-state index is 15.1. The number of ether oxygens (including phenoxy) is 4. The monoisotopic (exact) mass is 682 g/mol. The van der Waals surface area contributed by atoms with E-state index in [2.05, 4.69) is 40.6 Å². The van der Waals surface area contributed by atoms with E-state index in [0.29, 0.717) is 30.1 Å². The number of nitrogens with zero attached hydrogens (tertiary/aromatic N) is 3. The third kappa shape index (κ3) is 7.40. The van der Waals surface area contributed by atoms with Crippen LogP contribution in [0.15, 0.2) is 55.7 Å². The standard InChI is InChI=1S/C36H44F2N4O7/c1-8-10-11-24-23-14-12-20(23)16-28(24)49-34(45)41-30(35(3,4)5)32(43)42-19-22(18-27(42)33(44)47-7)48-31-29(36(37,38)9-2)39-25-15-13-21(46-6)17-26(25)40-31/h8-9,12-15,17,20,22-24,27-28,30H,1-2,10-11,16,18-19H2,3-7H3,(H,41,45)/t20-,22+,23-,24+,27-,28+,30+/m0/s1. The Morgan fingerprint density at radius 1 is 1.10 bits per heavy atom. The Balaban J connectivity index is 1.37. The number of amides is 2. The molecular weight excluding hydrogens is 638 g/mol. The predicted octanol–water partition coefficient (Wildman–Crippen LogP) is 5.74. The summed E-state index contributed by atoms with van der Waals surface area (Å²) < 4.78 is 52.3. The van der Waals surface area contributed by atoms with Crippen LogP contribution >= 0.6 is 0 Å². The van der Waals surface area contributed by atoms with Crippen molar-refractivity contribution in [3.8, 4) is 11.6 Å². The minimum atomic E-state index is -3.60. The van der Waals surface area contributed by atoms with Gasteiger partial charge in [0.25, 0.3) is 0 Å². The maximum Gasteiger partial charge on any atom is 0.408 e. The van der Waals surface area contributed by atoms with Gasteiger partial charge in [-0.3, -0.25) is 4.79 Å². The van der Waals surface area contributed by atoms with Crippen LogP contribution in [0.2, 0.25) is 0 Å². The highest BCUT2D eigenvalue weighted by molar-refractivity contribution is 5.91. The summed E-state index contributed by atoms with van der Waals surface area (Å²) in [6.07, 6.45) is 6.82. The minimum absolute atomic E-state index is 0.0838. The lowest BCUT2D eigenvalue weighted by Crippen LogP contribution is -2.57. The summed E-state index contributed by atoms with van der Waals surface area (Å²) >= 11 is 0. The zero-order valence-electron chi connectivity index (χ0n) is 28.5. The first-order valence-corrected chi connectivity index (χ1v) is 16.4. The highest BCUT2D eigenvalue weighted by Crippen LogP contribution is 2.48. The summed E-state index contributed by atoms with van der Waals surface area (Å²) in [5, 5.41) is 2.77. The van der Waals surface area contributed by atoms with Crippen LogP contribution in [-0.2, 0) is 25.0 Å². The second-order valence-electron chi connectivity index (χ2n) is 13.8. The smallest absolute Gasteiger partial charge is 0.408 e. The first kappa shape index (κ1) is 35.7. The fraction of sp³-hybridized carbons (Fsp3) is 0.528. The maximum atomic E-state index is 15.1. The molecule has 1 aliphatic heterocycles. The molecule has 1 saturated carbocycles. The Kier molecular flexibility index (Phi) is 10.3. The summed E-state index contributed by atoms with van der Waals surface area (Å²) in [6, 6.07) is 2.36. The van der Waals surface area contributed by atoms with Crippen molar-refractivity contribution in [3.05, 3.63) is 61.4 Å². The van der Waals surface area contributed by atoms with Gasteiger partial charge in [0.05, 0.1) is 31.8 Å². The minimum Gasteiger partial charge on any atom is -0.497 e. The van der Waals surface area contributed by atoms with Crippen molar-refractivity contribution >= 4 is 29.0 Å². The van der Waals surface area contributed by atoms with Crippen molar-refractivity contribution in [2.24, 2.45) is 23.2 Å².